The highest BCUT2D eigenvalue weighted by molar-refractivity contribution is 7.90. The minimum absolute atomic E-state index is 0.237. The molecule has 7 nitrogen and oxygen atoms in total. The van der Waals surface area contributed by atoms with Gasteiger partial charge in [0.25, 0.3) is 0 Å². The van der Waals surface area contributed by atoms with E-state index in [1.165, 1.54) is 18.9 Å². The monoisotopic (exact) mass is 401 g/mol. The van der Waals surface area contributed by atoms with E-state index in [1.54, 1.807) is 48.5 Å². The fraction of sp³-hybridized carbons (Fsp3) is 0.200. The number of carbonyl (C=O) groups is 2. The molecular formula is C20H19NO6S. The van der Waals surface area contributed by atoms with E-state index >= 15 is 0 Å². The number of hydrogen-bond donors (Lipinski definition) is 0. The molecule has 0 aromatic heterocycles. The number of hydrogen-bond acceptors (Lipinski definition) is 6. The summed E-state index contributed by atoms with van der Waals surface area (Å²) in [5, 5.41) is 0. The first-order chi connectivity index (χ1) is 13.2. The van der Waals surface area contributed by atoms with Crippen LogP contribution in [0.5, 0.6) is 11.5 Å². The van der Waals surface area contributed by atoms with Crippen LogP contribution in [-0.2, 0) is 14.6 Å². The van der Waals surface area contributed by atoms with Gasteiger partial charge in [-0.15, -0.1) is 0 Å². The van der Waals surface area contributed by atoms with Gasteiger partial charge in [0.15, 0.2) is 27.3 Å². The number of fused-ring (bicyclic) bond motifs is 1. The molecule has 146 valence electrons. The lowest BCUT2D eigenvalue weighted by Gasteiger charge is -2.16. The molecule has 1 aliphatic heterocycles. The average molecular weight is 401 g/mol. The lowest BCUT2D eigenvalue weighted by molar-refractivity contribution is -0.116. The first-order valence-corrected chi connectivity index (χ1v) is 10.4. The topological polar surface area (TPSA) is 90.0 Å². The van der Waals surface area contributed by atoms with Crippen molar-refractivity contribution < 1.29 is 27.5 Å². The Bertz CT molecular complexity index is 1090. The number of anilines is 1. The number of amides is 1. The number of carbonyl (C=O) groups excluding carboxylic acids is 2. The first kappa shape index (κ1) is 19.6. The number of rotatable bonds is 5. The lowest BCUT2D eigenvalue weighted by atomic mass is 10.1. The van der Waals surface area contributed by atoms with E-state index in [9.17, 15) is 18.0 Å². The Morgan fingerprint density at radius 2 is 1.86 bits per heavy atom. The molecule has 0 aliphatic carbocycles. The average Bonchev–Trinajstić information content (AvgIpc) is 2.92. The molecule has 0 N–H and O–H groups in total. The van der Waals surface area contributed by atoms with Gasteiger partial charge in [0.2, 0.25) is 11.7 Å². The SMILES string of the molecule is COc1cc(C=C2C(=O)c3ccccc3N2C(C)=O)ccc1OCS(C)(=O)=O. The van der Waals surface area contributed by atoms with E-state index in [1.807, 2.05) is 0 Å². The van der Waals surface area contributed by atoms with Crippen LogP contribution in [-0.4, -0.2) is 39.4 Å². The van der Waals surface area contributed by atoms with Gasteiger partial charge in [-0.3, -0.25) is 14.5 Å². The van der Waals surface area contributed by atoms with Crippen molar-refractivity contribution in [2.75, 3.05) is 24.2 Å². The van der Waals surface area contributed by atoms with Crippen LogP contribution < -0.4 is 14.4 Å². The Morgan fingerprint density at radius 3 is 2.50 bits per heavy atom. The number of para-hydroxylation sites is 1. The Morgan fingerprint density at radius 1 is 1.14 bits per heavy atom. The van der Waals surface area contributed by atoms with Crippen LogP contribution >= 0.6 is 0 Å². The molecule has 0 bridgehead atoms. The summed E-state index contributed by atoms with van der Waals surface area (Å²) in [6.45, 7) is 1.39. The van der Waals surface area contributed by atoms with Gasteiger partial charge >= 0.3 is 0 Å². The number of benzene rings is 2. The van der Waals surface area contributed by atoms with E-state index in [0.717, 1.165) is 6.26 Å². The molecule has 8 heteroatoms. The van der Waals surface area contributed by atoms with Crippen molar-refractivity contribution in [3.05, 3.63) is 59.3 Å². The molecule has 0 unspecified atom stereocenters. The van der Waals surface area contributed by atoms with Crippen LogP contribution in [0.3, 0.4) is 0 Å². The summed E-state index contributed by atoms with van der Waals surface area (Å²) in [6.07, 6.45) is 2.66. The Hall–Kier alpha value is -3.13. The highest BCUT2D eigenvalue weighted by Crippen LogP contribution is 2.36. The van der Waals surface area contributed by atoms with Crippen LogP contribution in [0.25, 0.3) is 6.08 Å². The molecule has 0 radical (unpaired) electrons. The summed E-state index contributed by atoms with van der Waals surface area (Å²) in [6, 6.07) is 11.7. The highest BCUT2D eigenvalue weighted by Gasteiger charge is 2.34. The molecule has 2 aromatic rings. The molecule has 0 saturated heterocycles. The number of Topliss-reactive ketones (excluding diaryl/α,β-unsaturated/α-hetero) is 1. The molecule has 3 rings (SSSR count). The molecule has 1 heterocycles. The summed E-state index contributed by atoms with van der Waals surface area (Å²) in [4.78, 5) is 26.3. The molecular weight excluding hydrogens is 382 g/mol. The summed E-state index contributed by atoms with van der Waals surface area (Å²) in [5.41, 5.74) is 1.85. The summed E-state index contributed by atoms with van der Waals surface area (Å²) >= 11 is 0. The quantitative estimate of drug-likeness (QED) is 0.716. The summed E-state index contributed by atoms with van der Waals surface area (Å²) in [5.74, 6) is -0.419. The molecule has 2 aromatic carbocycles. The fourth-order valence-corrected chi connectivity index (χ4v) is 3.26. The maximum atomic E-state index is 12.8. The number of ether oxygens (including phenoxy) is 2. The predicted molar refractivity (Wildman–Crippen MR) is 105 cm³/mol. The van der Waals surface area contributed by atoms with Gasteiger partial charge in [0.1, 0.15) is 0 Å². The zero-order chi connectivity index (χ0) is 20.5. The third-order valence-electron chi connectivity index (χ3n) is 4.10. The molecule has 28 heavy (non-hydrogen) atoms. The second-order valence-corrected chi connectivity index (χ2v) is 8.42. The van der Waals surface area contributed by atoms with Crippen molar-refractivity contribution in [1.29, 1.82) is 0 Å². The maximum absolute atomic E-state index is 12.8. The van der Waals surface area contributed by atoms with Crippen molar-refractivity contribution in [2.45, 2.75) is 6.92 Å². The van der Waals surface area contributed by atoms with Gasteiger partial charge in [-0.05, 0) is 35.9 Å². The van der Waals surface area contributed by atoms with Gasteiger partial charge in [-0.2, -0.15) is 0 Å². The number of allylic oxidation sites excluding steroid dienone is 1. The van der Waals surface area contributed by atoms with Crippen LogP contribution in [0, 0.1) is 0 Å². The number of nitrogens with zero attached hydrogens (tertiary/aromatic N) is 1. The molecule has 0 atom stereocenters. The van der Waals surface area contributed by atoms with Gasteiger partial charge in [-0.25, -0.2) is 8.42 Å². The molecule has 1 aliphatic rings. The van der Waals surface area contributed by atoms with E-state index in [2.05, 4.69) is 0 Å². The van der Waals surface area contributed by atoms with Gasteiger partial charge in [-0.1, -0.05) is 18.2 Å². The van der Waals surface area contributed by atoms with Gasteiger partial charge < -0.3 is 9.47 Å². The zero-order valence-electron chi connectivity index (χ0n) is 15.6. The Balaban J connectivity index is 1.99. The Labute approximate surface area is 163 Å². The Kier molecular flexibility index (Phi) is 5.24. The van der Waals surface area contributed by atoms with Crippen LogP contribution in [0.15, 0.2) is 48.2 Å². The summed E-state index contributed by atoms with van der Waals surface area (Å²) < 4.78 is 33.1. The molecule has 0 saturated carbocycles. The van der Waals surface area contributed by atoms with Crippen molar-refractivity contribution in [1.82, 2.24) is 0 Å². The third kappa shape index (κ3) is 3.91. The van der Waals surface area contributed by atoms with E-state index in [0.29, 0.717) is 22.6 Å². The zero-order valence-corrected chi connectivity index (χ0v) is 16.4. The van der Waals surface area contributed by atoms with Crippen LogP contribution in [0.2, 0.25) is 0 Å². The van der Waals surface area contributed by atoms with Gasteiger partial charge in [0, 0.05) is 18.7 Å². The van der Waals surface area contributed by atoms with Crippen molar-refractivity contribution in [2.24, 2.45) is 0 Å². The van der Waals surface area contributed by atoms with E-state index in [-0.39, 0.29) is 23.1 Å². The summed E-state index contributed by atoms with van der Waals surface area (Å²) in [7, 11) is -1.88. The van der Waals surface area contributed by atoms with Crippen molar-refractivity contribution >= 4 is 33.3 Å². The number of methoxy groups -OCH3 is 1. The highest BCUT2D eigenvalue weighted by atomic mass is 32.2. The van der Waals surface area contributed by atoms with E-state index in [4.69, 9.17) is 9.47 Å². The second kappa shape index (κ2) is 7.47. The third-order valence-corrected chi connectivity index (χ3v) is 4.64. The van der Waals surface area contributed by atoms with Crippen LogP contribution in [0.4, 0.5) is 5.69 Å². The standard InChI is InChI=1S/C20H19NO6S/c1-13(22)21-16-7-5-4-6-15(16)20(23)17(21)10-14-8-9-18(19(11-14)26-2)27-12-28(3,24)25/h4-11H,12H2,1-3H3. The molecule has 0 spiro atoms. The minimum Gasteiger partial charge on any atom is -0.493 e. The van der Waals surface area contributed by atoms with Crippen molar-refractivity contribution in [3.8, 4) is 11.5 Å². The fourth-order valence-electron chi connectivity index (χ4n) is 2.92. The molecule has 1 amide bonds. The van der Waals surface area contributed by atoms with E-state index < -0.39 is 15.8 Å². The largest absolute Gasteiger partial charge is 0.493 e. The smallest absolute Gasteiger partial charge is 0.228 e. The predicted octanol–water partition coefficient (Wildman–Crippen LogP) is 2.67. The first-order valence-electron chi connectivity index (χ1n) is 8.36. The molecule has 0 fully saturated rings. The van der Waals surface area contributed by atoms with Crippen molar-refractivity contribution in [3.63, 3.8) is 0 Å². The van der Waals surface area contributed by atoms with Gasteiger partial charge in [0.05, 0.1) is 18.5 Å². The second-order valence-electron chi connectivity index (χ2n) is 6.33. The lowest BCUT2D eigenvalue weighted by Crippen LogP contribution is -2.25. The van der Waals surface area contributed by atoms with Crippen LogP contribution in [0.1, 0.15) is 22.8 Å². The minimum atomic E-state index is -3.31. The number of sulfone groups is 1. The maximum Gasteiger partial charge on any atom is 0.228 e. The normalized spacial score (nSPS) is 14.9. The number of ketones is 1.